The van der Waals surface area contributed by atoms with E-state index in [0.717, 1.165) is 11.3 Å². The summed E-state index contributed by atoms with van der Waals surface area (Å²) in [7, 11) is 1.55. The zero-order valence-corrected chi connectivity index (χ0v) is 16.0. The predicted octanol–water partition coefficient (Wildman–Crippen LogP) is 3.12. The molecule has 0 heterocycles. The Kier molecular flexibility index (Phi) is 7.67. The van der Waals surface area contributed by atoms with Crippen LogP contribution in [0.2, 0.25) is 0 Å². The summed E-state index contributed by atoms with van der Waals surface area (Å²) in [5.74, 6) is 0.991. The van der Waals surface area contributed by atoms with E-state index in [0.29, 0.717) is 24.6 Å². The van der Waals surface area contributed by atoms with Crippen molar-refractivity contribution >= 4 is 17.5 Å². The van der Waals surface area contributed by atoms with Gasteiger partial charge in [-0.05, 0) is 43.7 Å². The van der Waals surface area contributed by atoms with Crippen molar-refractivity contribution in [3.05, 3.63) is 54.1 Å². The van der Waals surface area contributed by atoms with Gasteiger partial charge >= 0.3 is 0 Å². The van der Waals surface area contributed by atoms with E-state index in [-0.39, 0.29) is 24.8 Å². The highest BCUT2D eigenvalue weighted by Crippen LogP contribution is 2.22. The van der Waals surface area contributed by atoms with Crippen LogP contribution in [-0.2, 0) is 16.0 Å². The van der Waals surface area contributed by atoms with Gasteiger partial charge in [0, 0.05) is 6.54 Å². The van der Waals surface area contributed by atoms with Crippen LogP contribution in [0.4, 0.5) is 5.69 Å². The fourth-order valence-electron chi connectivity index (χ4n) is 2.64. The fraction of sp³-hybridized carbons (Fsp3) is 0.333. The molecule has 0 aliphatic rings. The maximum atomic E-state index is 12.6. The van der Waals surface area contributed by atoms with Crippen molar-refractivity contribution in [2.75, 3.05) is 32.1 Å². The standard InChI is InChI=1S/C21H26N2O4/c1-4-23(15-20(24)22-18-8-6-7-9-19(18)26-3)21(25)14-16-10-12-17(13-11-16)27-5-2/h6-13H,4-5,14-15H2,1-3H3,(H,22,24). The first-order chi connectivity index (χ1) is 13.1. The van der Waals surface area contributed by atoms with Crippen LogP contribution in [-0.4, -0.2) is 43.5 Å². The van der Waals surface area contributed by atoms with Crippen LogP contribution < -0.4 is 14.8 Å². The Morgan fingerprint density at radius 2 is 1.74 bits per heavy atom. The molecule has 6 nitrogen and oxygen atoms in total. The van der Waals surface area contributed by atoms with Crippen molar-refractivity contribution in [1.82, 2.24) is 4.90 Å². The van der Waals surface area contributed by atoms with Gasteiger partial charge in [-0.2, -0.15) is 0 Å². The molecule has 2 aromatic rings. The van der Waals surface area contributed by atoms with Crippen molar-refractivity contribution in [3.63, 3.8) is 0 Å². The molecule has 0 fully saturated rings. The zero-order valence-electron chi connectivity index (χ0n) is 16.0. The first-order valence-corrected chi connectivity index (χ1v) is 8.99. The van der Waals surface area contributed by atoms with Crippen LogP contribution >= 0.6 is 0 Å². The monoisotopic (exact) mass is 370 g/mol. The highest BCUT2D eigenvalue weighted by atomic mass is 16.5. The second kappa shape index (κ2) is 10.2. The number of para-hydroxylation sites is 2. The Hall–Kier alpha value is -3.02. The van der Waals surface area contributed by atoms with Crippen molar-refractivity contribution in [2.45, 2.75) is 20.3 Å². The Bertz CT molecular complexity index is 759. The number of nitrogens with one attached hydrogen (secondary N) is 1. The van der Waals surface area contributed by atoms with E-state index in [4.69, 9.17) is 9.47 Å². The maximum Gasteiger partial charge on any atom is 0.244 e. The number of nitrogens with zero attached hydrogens (tertiary/aromatic N) is 1. The molecule has 0 aromatic heterocycles. The van der Waals surface area contributed by atoms with E-state index in [1.54, 1.807) is 19.2 Å². The van der Waals surface area contributed by atoms with Crippen LogP contribution in [0.1, 0.15) is 19.4 Å². The maximum absolute atomic E-state index is 12.6. The van der Waals surface area contributed by atoms with Crippen molar-refractivity contribution < 1.29 is 19.1 Å². The third-order valence-electron chi connectivity index (χ3n) is 4.04. The molecule has 0 saturated carbocycles. The number of likely N-dealkylation sites (N-methyl/N-ethyl adjacent to an activating group) is 1. The van der Waals surface area contributed by atoms with Crippen molar-refractivity contribution in [3.8, 4) is 11.5 Å². The lowest BCUT2D eigenvalue weighted by molar-refractivity contribution is -0.133. The van der Waals surface area contributed by atoms with Crippen molar-refractivity contribution in [1.29, 1.82) is 0 Å². The number of carbonyl (C=O) groups excluding carboxylic acids is 2. The summed E-state index contributed by atoms with van der Waals surface area (Å²) >= 11 is 0. The quantitative estimate of drug-likeness (QED) is 0.736. The zero-order chi connectivity index (χ0) is 19.6. The summed E-state index contributed by atoms with van der Waals surface area (Å²) in [6.07, 6.45) is 0.238. The van der Waals surface area contributed by atoms with Crippen molar-refractivity contribution in [2.24, 2.45) is 0 Å². The largest absolute Gasteiger partial charge is 0.495 e. The average molecular weight is 370 g/mol. The van der Waals surface area contributed by atoms with E-state index >= 15 is 0 Å². The Labute approximate surface area is 160 Å². The van der Waals surface area contributed by atoms with Gasteiger partial charge in [0.1, 0.15) is 11.5 Å². The molecule has 2 rings (SSSR count). The summed E-state index contributed by atoms with van der Waals surface area (Å²) < 4.78 is 10.6. The van der Waals surface area contributed by atoms with E-state index in [9.17, 15) is 9.59 Å². The van der Waals surface area contributed by atoms with E-state index in [1.165, 1.54) is 4.90 Å². The topological polar surface area (TPSA) is 67.9 Å². The number of anilines is 1. The molecule has 144 valence electrons. The van der Waals surface area contributed by atoms with Crippen LogP contribution in [0.3, 0.4) is 0 Å². The molecule has 2 amide bonds. The molecule has 0 radical (unpaired) electrons. The lowest BCUT2D eigenvalue weighted by Crippen LogP contribution is -2.38. The van der Waals surface area contributed by atoms with E-state index in [1.807, 2.05) is 50.2 Å². The number of ether oxygens (including phenoxy) is 2. The number of benzene rings is 2. The molecular formula is C21H26N2O4. The SMILES string of the molecule is CCOc1ccc(CC(=O)N(CC)CC(=O)Nc2ccccc2OC)cc1. The van der Waals surface area contributed by atoms with Gasteiger partial charge in [-0.1, -0.05) is 24.3 Å². The summed E-state index contributed by atoms with van der Waals surface area (Å²) in [5.41, 5.74) is 1.46. The highest BCUT2D eigenvalue weighted by Gasteiger charge is 2.17. The minimum Gasteiger partial charge on any atom is -0.495 e. The summed E-state index contributed by atoms with van der Waals surface area (Å²) in [6, 6.07) is 14.6. The first kappa shape index (κ1) is 20.3. The van der Waals surface area contributed by atoms with Gasteiger partial charge in [-0.3, -0.25) is 9.59 Å². The minimum atomic E-state index is -0.263. The van der Waals surface area contributed by atoms with Gasteiger partial charge in [0.15, 0.2) is 0 Å². The Balaban J connectivity index is 1.94. The number of rotatable bonds is 9. The van der Waals surface area contributed by atoms with E-state index < -0.39 is 0 Å². The highest BCUT2D eigenvalue weighted by molar-refractivity contribution is 5.95. The van der Waals surface area contributed by atoms with Crippen LogP contribution in [0, 0.1) is 0 Å². The lowest BCUT2D eigenvalue weighted by Gasteiger charge is -2.21. The molecule has 27 heavy (non-hydrogen) atoms. The Morgan fingerprint density at radius 1 is 1.04 bits per heavy atom. The first-order valence-electron chi connectivity index (χ1n) is 8.99. The molecule has 0 unspecified atom stereocenters. The summed E-state index contributed by atoms with van der Waals surface area (Å²) in [5, 5.41) is 2.79. The molecule has 0 aliphatic heterocycles. The number of hydrogen-bond acceptors (Lipinski definition) is 4. The van der Waals surface area contributed by atoms with Gasteiger partial charge in [0.05, 0.1) is 32.4 Å². The number of hydrogen-bond donors (Lipinski definition) is 1. The molecule has 0 aliphatic carbocycles. The van der Waals surface area contributed by atoms with Gasteiger partial charge in [0.2, 0.25) is 11.8 Å². The van der Waals surface area contributed by atoms with E-state index in [2.05, 4.69) is 5.32 Å². The van der Waals surface area contributed by atoms with Gasteiger partial charge in [-0.15, -0.1) is 0 Å². The third-order valence-corrected chi connectivity index (χ3v) is 4.04. The van der Waals surface area contributed by atoms with Crippen LogP contribution in [0.15, 0.2) is 48.5 Å². The predicted molar refractivity (Wildman–Crippen MR) is 105 cm³/mol. The van der Waals surface area contributed by atoms with Gasteiger partial charge in [-0.25, -0.2) is 0 Å². The molecule has 0 saturated heterocycles. The van der Waals surface area contributed by atoms with Crippen LogP contribution in [0.5, 0.6) is 11.5 Å². The number of methoxy groups -OCH3 is 1. The fourth-order valence-corrected chi connectivity index (χ4v) is 2.64. The molecule has 2 aromatic carbocycles. The van der Waals surface area contributed by atoms with Crippen LogP contribution in [0.25, 0.3) is 0 Å². The van der Waals surface area contributed by atoms with Gasteiger partial charge < -0.3 is 19.7 Å². The normalized spacial score (nSPS) is 10.2. The summed E-state index contributed by atoms with van der Waals surface area (Å²) in [4.78, 5) is 26.4. The molecule has 0 bridgehead atoms. The second-order valence-corrected chi connectivity index (χ2v) is 5.91. The third kappa shape index (κ3) is 6.02. The molecule has 0 atom stereocenters. The number of carbonyl (C=O) groups is 2. The smallest absolute Gasteiger partial charge is 0.244 e. The summed E-state index contributed by atoms with van der Waals surface area (Å²) in [6.45, 7) is 4.82. The Morgan fingerprint density at radius 3 is 2.37 bits per heavy atom. The number of amides is 2. The molecule has 0 spiro atoms. The average Bonchev–Trinajstić information content (AvgIpc) is 2.68. The minimum absolute atomic E-state index is 0.00951. The second-order valence-electron chi connectivity index (χ2n) is 5.91. The molecule has 1 N–H and O–H groups in total. The molecule has 6 heteroatoms. The molecular weight excluding hydrogens is 344 g/mol. The lowest BCUT2D eigenvalue weighted by atomic mass is 10.1. The van der Waals surface area contributed by atoms with Gasteiger partial charge in [0.25, 0.3) is 0 Å².